The van der Waals surface area contributed by atoms with E-state index in [2.05, 4.69) is 4.72 Å². The third kappa shape index (κ3) is 8.27. The van der Waals surface area contributed by atoms with Gasteiger partial charge in [-0.05, 0) is 54.8 Å². The molecule has 0 bridgehead atoms. The van der Waals surface area contributed by atoms with E-state index in [-0.39, 0.29) is 23.9 Å². The van der Waals surface area contributed by atoms with Crippen molar-refractivity contribution >= 4 is 27.8 Å². The van der Waals surface area contributed by atoms with E-state index in [1.54, 1.807) is 67.6 Å². The van der Waals surface area contributed by atoms with E-state index >= 15 is 0 Å². The van der Waals surface area contributed by atoms with Crippen LogP contribution < -0.4 is 9.46 Å². The van der Waals surface area contributed by atoms with Gasteiger partial charge in [0.2, 0.25) is 0 Å². The second-order valence-corrected chi connectivity index (χ2v) is 9.38. The first-order valence-electron chi connectivity index (χ1n) is 11.3. The Morgan fingerprint density at radius 2 is 1.77 bits per heavy atom. The van der Waals surface area contributed by atoms with Gasteiger partial charge in [-0.3, -0.25) is 9.52 Å². The predicted octanol–water partition coefficient (Wildman–Crippen LogP) is 4.44. The number of para-hydroxylation sites is 1. The minimum absolute atomic E-state index is 0.0211. The molecule has 2 N–H and O–H groups in total. The van der Waals surface area contributed by atoms with E-state index in [0.29, 0.717) is 30.0 Å². The van der Waals surface area contributed by atoms with Crippen LogP contribution in [0, 0.1) is 0 Å². The maximum Gasteiger partial charge on any atom is 0.306 e. The van der Waals surface area contributed by atoms with Gasteiger partial charge in [0.15, 0.2) is 0 Å². The number of anilines is 1. The van der Waals surface area contributed by atoms with E-state index < -0.39 is 16.1 Å². The fourth-order valence-electron chi connectivity index (χ4n) is 3.29. The molecule has 0 saturated carbocycles. The third-order valence-corrected chi connectivity index (χ3v) is 6.39. The first-order valence-corrected chi connectivity index (χ1v) is 12.8. The second kappa shape index (κ2) is 12.7. The molecule has 0 aliphatic heterocycles. The number of aryl methyl sites for hydroxylation is 1. The van der Waals surface area contributed by atoms with E-state index in [1.165, 1.54) is 12.1 Å². The Labute approximate surface area is 206 Å². The molecule has 3 aromatic carbocycles. The van der Waals surface area contributed by atoms with Crippen LogP contribution in [0.4, 0.5) is 5.69 Å². The van der Waals surface area contributed by atoms with Gasteiger partial charge in [0.05, 0.1) is 11.5 Å². The van der Waals surface area contributed by atoms with Crippen LogP contribution in [0.15, 0.2) is 89.8 Å². The standard InChI is InChI=1S/C27H29NO6S/c1-2-33-27(30)18-16-22-10-6-7-14-26(22)34-20-24(29)17-15-21-9-8-11-23(19-21)28-35(31,32)25-12-4-3-5-13-25/h3-15,17,19,24,28-29H,2,16,18,20H2,1H3/b17-15+/t24-/m1/s1. The van der Waals surface area contributed by atoms with Crippen LogP contribution in [0.5, 0.6) is 5.75 Å². The second-order valence-electron chi connectivity index (χ2n) is 7.69. The van der Waals surface area contributed by atoms with Crippen molar-refractivity contribution in [3.8, 4) is 5.75 Å². The van der Waals surface area contributed by atoms with Crippen molar-refractivity contribution in [1.29, 1.82) is 0 Å². The smallest absolute Gasteiger partial charge is 0.306 e. The van der Waals surface area contributed by atoms with Gasteiger partial charge < -0.3 is 14.6 Å². The van der Waals surface area contributed by atoms with E-state index in [4.69, 9.17) is 9.47 Å². The highest BCUT2D eigenvalue weighted by Crippen LogP contribution is 2.21. The molecular formula is C27H29NO6S. The first kappa shape index (κ1) is 26.0. The topological polar surface area (TPSA) is 102 Å². The van der Waals surface area contributed by atoms with Crippen LogP contribution in [0.2, 0.25) is 0 Å². The lowest BCUT2D eigenvalue weighted by Gasteiger charge is -2.13. The Balaban J connectivity index is 1.57. The summed E-state index contributed by atoms with van der Waals surface area (Å²) in [7, 11) is -3.69. The zero-order chi connectivity index (χ0) is 25.1. The number of aliphatic hydroxyl groups excluding tert-OH is 1. The fraction of sp³-hybridized carbons (Fsp3) is 0.222. The summed E-state index contributed by atoms with van der Waals surface area (Å²) in [5, 5.41) is 10.4. The maximum absolute atomic E-state index is 12.5. The number of benzene rings is 3. The lowest BCUT2D eigenvalue weighted by molar-refractivity contribution is -0.143. The van der Waals surface area contributed by atoms with Gasteiger partial charge >= 0.3 is 5.97 Å². The van der Waals surface area contributed by atoms with Gasteiger partial charge in [-0.15, -0.1) is 0 Å². The Hall–Kier alpha value is -3.62. The Morgan fingerprint density at radius 1 is 1.03 bits per heavy atom. The number of ether oxygens (including phenoxy) is 2. The highest BCUT2D eigenvalue weighted by atomic mass is 32.2. The minimum atomic E-state index is -3.69. The summed E-state index contributed by atoms with van der Waals surface area (Å²) in [5.41, 5.74) is 1.99. The van der Waals surface area contributed by atoms with Crippen LogP contribution in [0.1, 0.15) is 24.5 Å². The molecule has 3 rings (SSSR count). The van der Waals surface area contributed by atoms with Crippen molar-refractivity contribution in [2.45, 2.75) is 30.8 Å². The number of esters is 1. The van der Waals surface area contributed by atoms with Crippen LogP contribution in [0.25, 0.3) is 6.08 Å². The summed E-state index contributed by atoms with van der Waals surface area (Å²) >= 11 is 0. The molecule has 0 fully saturated rings. The van der Waals surface area contributed by atoms with Gasteiger partial charge in [-0.25, -0.2) is 8.42 Å². The molecule has 0 amide bonds. The summed E-state index contributed by atoms with van der Waals surface area (Å²) in [6, 6.07) is 22.3. The maximum atomic E-state index is 12.5. The van der Waals surface area contributed by atoms with Gasteiger partial charge in [0.1, 0.15) is 18.5 Å². The molecule has 0 aromatic heterocycles. The molecule has 0 aliphatic rings. The highest BCUT2D eigenvalue weighted by Gasteiger charge is 2.13. The number of hydrogen-bond donors (Lipinski definition) is 2. The van der Waals surface area contributed by atoms with Gasteiger partial charge in [-0.2, -0.15) is 0 Å². The summed E-state index contributed by atoms with van der Waals surface area (Å²) in [6.45, 7) is 2.13. The van der Waals surface area contributed by atoms with Crippen molar-refractivity contribution in [2.75, 3.05) is 17.9 Å². The van der Waals surface area contributed by atoms with Crippen LogP contribution in [-0.2, 0) is 26.0 Å². The molecule has 1 atom stereocenters. The lowest BCUT2D eigenvalue weighted by atomic mass is 10.1. The number of carbonyl (C=O) groups is 1. The van der Waals surface area contributed by atoms with Gasteiger partial charge in [0, 0.05) is 12.1 Å². The number of hydrogen-bond acceptors (Lipinski definition) is 6. The zero-order valence-electron chi connectivity index (χ0n) is 19.5. The van der Waals surface area contributed by atoms with Crippen molar-refractivity contribution in [3.05, 3.63) is 96.1 Å². The molecule has 0 radical (unpaired) electrons. The number of nitrogens with one attached hydrogen (secondary N) is 1. The number of rotatable bonds is 12. The van der Waals surface area contributed by atoms with Crippen molar-refractivity contribution < 1.29 is 27.8 Å². The minimum Gasteiger partial charge on any atom is -0.490 e. The van der Waals surface area contributed by atoms with Crippen LogP contribution in [0.3, 0.4) is 0 Å². The molecule has 0 unspecified atom stereocenters. The molecule has 3 aromatic rings. The summed E-state index contributed by atoms with van der Waals surface area (Å²) in [6.07, 6.45) is 3.11. The number of sulfonamides is 1. The highest BCUT2D eigenvalue weighted by molar-refractivity contribution is 7.92. The van der Waals surface area contributed by atoms with Crippen LogP contribution in [-0.4, -0.2) is 38.8 Å². The number of carbonyl (C=O) groups excluding carboxylic acids is 1. The van der Waals surface area contributed by atoms with Crippen molar-refractivity contribution in [3.63, 3.8) is 0 Å². The Kier molecular flexibility index (Phi) is 9.46. The van der Waals surface area contributed by atoms with E-state index in [0.717, 1.165) is 5.56 Å². The molecular weight excluding hydrogens is 466 g/mol. The average molecular weight is 496 g/mol. The summed E-state index contributed by atoms with van der Waals surface area (Å²) in [4.78, 5) is 11.8. The molecule has 7 nitrogen and oxygen atoms in total. The predicted molar refractivity (Wildman–Crippen MR) is 136 cm³/mol. The SMILES string of the molecule is CCOC(=O)CCc1ccccc1OC[C@H](O)/C=C/c1cccc(NS(=O)(=O)c2ccccc2)c1. The molecule has 8 heteroatoms. The zero-order valence-corrected chi connectivity index (χ0v) is 20.3. The lowest BCUT2D eigenvalue weighted by Crippen LogP contribution is -2.15. The largest absolute Gasteiger partial charge is 0.490 e. The monoisotopic (exact) mass is 495 g/mol. The van der Waals surface area contributed by atoms with Crippen LogP contribution >= 0.6 is 0 Å². The third-order valence-electron chi connectivity index (χ3n) is 4.99. The Morgan fingerprint density at radius 3 is 2.54 bits per heavy atom. The normalized spacial score (nSPS) is 12.3. The quantitative estimate of drug-likeness (QED) is 0.360. The first-order chi connectivity index (χ1) is 16.9. The molecule has 0 heterocycles. The van der Waals surface area contributed by atoms with Crippen molar-refractivity contribution in [1.82, 2.24) is 0 Å². The Bertz CT molecular complexity index is 1240. The molecule has 184 valence electrons. The number of aliphatic hydroxyl groups is 1. The molecule has 0 spiro atoms. The van der Waals surface area contributed by atoms with E-state index in [9.17, 15) is 18.3 Å². The van der Waals surface area contributed by atoms with E-state index in [1.807, 2.05) is 18.2 Å². The molecule has 35 heavy (non-hydrogen) atoms. The van der Waals surface area contributed by atoms with Gasteiger partial charge in [-0.1, -0.05) is 60.7 Å². The van der Waals surface area contributed by atoms with Gasteiger partial charge in [0.25, 0.3) is 10.0 Å². The summed E-state index contributed by atoms with van der Waals surface area (Å²) in [5.74, 6) is 0.333. The molecule has 0 saturated heterocycles. The van der Waals surface area contributed by atoms with Crippen molar-refractivity contribution in [2.24, 2.45) is 0 Å². The fourth-order valence-corrected chi connectivity index (χ4v) is 4.36. The summed E-state index contributed by atoms with van der Waals surface area (Å²) < 4.78 is 38.4. The average Bonchev–Trinajstić information content (AvgIpc) is 2.86. The molecule has 0 aliphatic carbocycles.